The first-order chi connectivity index (χ1) is 69.6. The molecule has 0 atom stereocenters. The lowest BCUT2D eigenvalue weighted by Gasteiger charge is -2.17. The molecule has 145 heavy (non-hydrogen) atoms. The zero-order valence-electron chi connectivity index (χ0n) is 85.8. The van der Waals surface area contributed by atoms with E-state index >= 15 is 0 Å². The van der Waals surface area contributed by atoms with E-state index in [1.165, 1.54) is 27.8 Å². The Morgan fingerprint density at radius 1 is 0.276 bits per heavy atom. The summed E-state index contributed by atoms with van der Waals surface area (Å²) >= 11 is 0. The van der Waals surface area contributed by atoms with E-state index in [1.54, 1.807) is 87.3 Å². The van der Waals surface area contributed by atoms with Crippen LogP contribution in [0.5, 0.6) is 0 Å². The number of likely N-dealkylation sites (N-methyl/N-ethyl adjacent to an activating group) is 1. The molecule has 0 unspecified atom stereocenters. The van der Waals surface area contributed by atoms with E-state index in [0.717, 1.165) is 100 Å². The third-order valence-corrected chi connectivity index (χ3v) is 18.5. The number of nitrogens with two attached hydrogens (primary N) is 18. The minimum absolute atomic E-state index is 0.00355. The van der Waals surface area contributed by atoms with Crippen molar-refractivity contribution in [2.45, 2.75) is 64.5 Å². The highest BCUT2D eigenvalue weighted by Gasteiger charge is 2.10. The van der Waals surface area contributed by atoms with Gasteiger partial charge in [0.2, 0.25) is 41.7 Å². The second-order valence-corrected chi connectivity index (χ2v) is 30.2. The third kappa shape index (κ3) is 66.0. The lowest BCUT2D eigenvalue weighted by atomic mass is 10.1. The van der Waals surface area contributed by atoms with Gasteiger partial charge in [-0.05, 0) is 115 Å². The highest BCUT2D eigenvalue weighted by atomic mass is 15.3. The molecule has 45 heteroatoms. The number of guanidine groups is 18. The van der Waals surface area contributed by atoms with Crippen LogP contribution in [0.15, 0.2) is 363 Å². The number of aryl methyl sites for hydroxylation is 3. The van der Waals surface area contributed by atoms with Gasteiger partial charge in [-0.3, -0.25) is 55.1 Å². The molecule has 780 valence electrons. The number of para-hydroxylation sites is 2. The second-order valence-electron chi connectivity index (χ2n) is 30.2. The summed E-state index contributed by atoms with van der Waals surface area (Å²) in [6.45, 7) is 5.03. The van der Waals surface area contributed by atoms with Crippen molar-refractivity contribution < 1.29 is 0 Å². The van der Waals surface area contributed by atoms with Crippen LogP contribution in [0, 0.1) is 0 Å². The molecular formula is C100H155N45. The first-order valence-corrected chi connectivity index (χ1v) is 45.7. The molecule has 0 saturated carbocycles. The topological polar surface area (TPSA) is 764 Å². The van der Waals surface area contributed by atoms with Crippen LogP contribution in [0.3, 0.4) is 0 Å². The Bertz CT molecular complexity index is 5550. The van der Waals surface area contributed by atoms with Crippen LogP contribution in [0.2, 0.25) is 0 Å². The summed E-state index contributed by atoms with van der Waals surface area (Å²) in [5, 5.41) is 14.8. The molecule has 45 nitrogen and oxygen atoms in total. The van der Waals surface area contributed by atoms with Crippen molar-refractivity contribution >= 4 is 119 Å². The monoisotopic (exact) mass is 1990 g/mol. The van der Waals surface area contributed by atoms with E-state index in [4.69, 9.17) is 103 Å². The van der Waals surface area contributed by atoms with Crippen molar-refractivity contribution in [2.24, 2.45) is 193 Å². The van der Waals surface area contributed by atoms with Gasteiger partial charge in [-0.15, -0.1) is 0 Å². The summed E-state index contributed by atoms with van der Waals surface area (Å²) in [6, 6.07) is 90.1. The Morgan fingerprint density at radius 3 is 1.06 bits per heavy atom. The Labute approximate surface area is 854 Å². The maximum absolute atomic E-state index is 5.77. The largest absolute Gasteiger partial charge is 0.370 e. The van der Waals surface area contributed by atoms with Crippen molar-refractivity contribution in [1.82, 2.24) is 40.9 Å². The van der Waals surface area contributed by atoms with Gasteiger partial charge in [0, 0.05) is 137 Å². The summed E-state index contributed by atoms with van der Waals surface area (Å²) in [5.74, 6) is 4.64. The lowest BCUT2D eigenvalue weighted by molar-refractivity contribution is 0.482. The summed E-state index contributed by atoms with van der Waals surface area (Å²) in [5.41, 5.74) is 108. The Kier molecular flexibility index (Phi) is 67.5. The van der Waals surface area contributed by atoms with Gasteiger partial charge in [0.05, 0.1) is 12.2 Å². The zero-order valence-corrected chi connectivity index (χ0v) is 85.8. The average molecular weight is 1990 g/mol. The van der Waals surface area contributed by atoms with Gasteiger partial charge in [-0.2, -0.15) is 34.9 Å². The summed E-state index contributed by atoms with van der Waals surface area (Å²) < 4.78 is 0. The molecule has 9 rings (SSSR count). The molecule has 0 spiro atoms. The fourth-order valence-electron chi connectivity index (χ4n) is 11.0. The van der Waals surface area contributed by atoms with E-state index in [0.29, 0.717) is 79.2 Å². The SMILES string of the molecule is CN(C)C(N)=NC(N)=Nc1ccccc1.CN=C(N)N(C)C(N)=NCc1ccccc1.CN=C(N)N=C(N)N(C)CCc1ccccc1.CN=C(N)NC(N)=NCCCc1ccccc1.CN=C(N=C(N)N)N(C)CCCc1ccccc1.CN=C(N=C(N)N)NCCCc1ccccc1.CN=C(N=C(N)N)NCCc1ccccc1.CN=C(N=C(N)N)NCc1ccccc1.CN=C(N=C(N)N)Nc1ccccc1. The molecule has 41 N–H and O–H groups in total. The van der Waals surface area contributed by atoms with E-state index in [9.17, 15) is 0 Å². The minimum atomic E-state index is -0.0194. The Hall–Kier alpha value is -18.4. The molecule has 9 aromatic carbocycles. The van der Waals surface area contributed by atoms with E-state index in [1.807, 2.05) is 224 Å². The van der Waals surface area contributed by atoms with Crippen molar-refractivity contribution in [3.63, 3.8) is 0 Å². The van der Waals surface area contributed by atoms with Crippen LogP contribution in [0.1, 0.15) is 58.2 Å². The summed E-state index contributed by atoms with van der Waals surface area (Å²) in [7, 11) is 22.1. The predicted molar refractivity (Wildman–Crippen MR) is 611 cm³/mol. The van der Waals surface area contributed by atoms with Crippen LogP contribution in [0.4, 0.5) is 11.4 Å². The minimum Gasteiger partial charge on any atom is -0.370 e. The van der Waals surface area contributed by atoms with Crippen molar-refractivity contribution in [3.05, 3.63) is 312 Å². The van der Waals surface area contributed by atoms with Gasteiger partial charge in [-0.1, -0.05) is 249 Å². The number of hydrogen-bond acceptors (Lipinski definition) is 11. The fraction of sp³-hybridized carbons (Fsp3) is 0.280. The maximum Gasteiger partial charge on any atom is 0.225 e. The molecular weight excluding hydrogens is 1830 g/mol. The maximum atomic E-state index is 5.77. The number of hydrogen-bond donors (Lipinski definition) is 23. The smallest absolute Gasteiger partial charge is 0.225 e. The van der Waals surface area contributed by atoms with Gasteiger partial charge in [-0.25, -0.2) is 9.98 Å². The van der Waals surface area contributed by atoms with Crippen molar-refractivity contribution in [1.29, 1.82) is 0 Å². The average Bonchev–Trinajstić information content (AvgIpc) is 0.920. The van der Waals surface area contributed by atoms with Gasteiger partial charge < -0.3 is 139 Å². The molecule has 9 aromatic rings. The predicted octanol–water partition coefficient (Wildman–Crippen LogP) is 3.52. The van der Waals surface area contributed by atoms with E-state index in [-0.39, 0.29) is 47.7 Å². The molecule has 0 heterocycles. The molecule has 0 saturated heterocycles. The number of anilines is 1. The molecule has 0 aromatic heterocycles. The normalized spacial score (nSPS) is 11.7. The number of aliphatic imine (C=N–C) groups is 18. The standard InChI is InChI=1S/C13H21N5.3C12H19N5.2C11H17N5.2C10H15N5.C9H13N5/c1-16-13(17-12(14)15)18(2)10-6-9-11-7-4-3-5-8-11;1-15-11(13)16-12(14)17(2)9-8-10-6-4-3-5-7-10;1-15-11(13)17-12(14)16-9-5-8-10-6-3-2-4-7-10;1-15-12(17-11(13)14)16-9-5-8-10-6-3-2-4-7-10;1-14-10(12)16(2)11(13)15-8-9-6-4-3-5-7-9;1-14-11(16-10(12)13)15-8-7-9-5-3-2-4-6-9;1-15(2)10(12)14-9(11)13-8-6-4-3-5-7-8;1-13-10(15-9(11)12)14-7-8-5-3-2-4-6-8;1-12-9(14-8(10)11)13-7-5-3-2-4-6-7/h3-5,7-8H,6,9-10H2,1-2H3,(H4,14,15,16,17);3-7H,8-9H2,1-2H3,(H4,13,14,15,16);2*2-4,6-7H,5,8-9H2,1H3,(H5,13,14,15,16,17);3-7H,8H2,1-2H3,(H2,12,14)(H2,13,15);2-6H,7-8H2,1H3,(H5,12,13,14,15,16);3-7H,1-2H3,(H4,11,12,13,14);2-6H,7H2,1H3,(H5,11,12,13,14,15);2-6H,1H3,(H5,10,11,12,13,14). The van der Waals surface area contributed by atoms with Gasteiger partial charge in [0.25, 0.3) is 0 Å². The first-order valence-electron chi connectivity index (χ1n) is 45.7. The molecule has 0 radical (unpaired) electrons. The van der Waals surface area contributed by atoms with Crippen LogP contribution in [-0.4, -0.2) is 251 Å². The third-order valence-electron chi connectivity index (χ3n) is 18.5. The zero-order chi connectivity index (χ0) is 108. The Morgan fingerprint density at radius 2 is 0.648 bits per heavy atom. The number of nitrogens with one attached hydrogen (secondary N) is 5. The van der Waals surface area contributed by atoms with Crippen LogP contribution >= 0.6 is 0 Å². The second kappa shape index (κ2) is 78.5. The fourth-order valence-corrected chi connectivity index (χ4v) is 11.0. The molecule has 0 aliphatic heterocycles. The summed E-state index contributed by atoms with van der Waals surface area (Å²) in [4.78, 5) is 77.6. The molecule has 0 amide bonds. The van der Waals surface area contributed by atoms with Crippen LogP contribution in [0.25, 0.3) is 0 Å². The quantitative estimate of drug-likeness (QED) is 0.0234. The van der Waals surface area contributed by atoms with Gasteiger partial charge >= 0.3 is 0 Å². The lowest BCUT2D eigenvalue weighted by Crippen LogP contribution is -2.43. The van der Waals surface area contributed by atoms with Crippen molar-refractivity contribution in [2.75, 3.05) is 130 Å². The molecule has 0 aliphatic carbocycles. The van der Waals surface area contributed by atoms with Crippen molar-refractivity contribution in [3.8, 4) is 0 Å². The van der Waals surface area contributed by atoms with Crippen LogP contribution < -0.4 is 130 Å². The van der Waals surface area contributed by atoms with E-state index < -0.39 is 0 Å². The number of rotatable bonds is 24. The van der Waals surface area contributed by atoms with Gasteiger partial charge in [0.1, 0.15) is 0 Å². The molecule has 0 fully saturated rings. The van der Waals surface area contributed by atoms with Gasteiger partial charge in [0.15, 0.2) is 65.6 Å². The highest BCUT2D eigenvalue weighted by molar-refractivity contribution is 6.02. The molecule has 0 bridgehead atoms. The first kappa shape index (κ1) is 125. The summed E-state index contributed by atoms with van der Waals surface area (Å²) in [6.07, 6.45) is 7.85. The van der Waals surface area contributed by atoms with Crippen LogP contribution in [-0.2, 0) is 45.2 Å². The Balaban J connectivity index is 0.000000816. The number of benzene rings is 9. The number of nitrogens with zero attached hydrogens (tertiary/aromatic N) is 22. The molecule has 0 aliphatic rings. The highest BCUT2D eigenvalue weighted by Crippen LogP contribution is 2.12. The van der Waals surface area contributed by atoms with E-state index in [2.05, 4.69) is 189 Å².